The third-order valence-corrected chi connectivity index (χ3v) is 3.53. The Balaban J connectivity index is 2.63. The van der Waals surface area contributed by atoms with Gasteiger partial charge in [0, 0.05) is 6.04 Å². The molecule has 4 heteroatoms. The van der Waals surface area contributed by atoms with Crippen molar-refractivity contribution in [2.75, 3.05) is 5.32 Å². The fraction of sp³-hybridized carbons (Fsp3) is 0.533. The van der Waals surface area contributed by atoms with Gasteiger partial charge in [-0.2, -0.15) is 0 Å². The van der Waals surface area contributed by atoms with Crippen molar-refractivity contribution in [3.8, 4) is 0 Å². The van der Waals surface area contributed by atoms with E-state index in [-0.39, 0.29) is 18.0 Å². The molecule has 1 unspecified atom stereocenters. The molecule has 2 N–H and O–H groups in total. The summed E-state index contributed by atoms with van der Waals surface area (Å²) in [5, 5.41) is 6.81. The highest BCUT2D eigenvalue weighted by Crippen LogP contribution is 2.23. The van der Waals surface area contributed by atoms with E-state index in [0.717, 1.165) is 24.1 Å². The van der Waals surface area contributed by atoms with Gasteiger partial charge in [-0.3, -0.25) is 4.79 Å². The lowest BCUT2D eigenvalue weighted by molar-refractivity contribution is -0.122. The molecule has 0 saturated heterocycles. The van der Waals surface area contributed by atoms with Gasteiger partial charge in [0.15, 0.2) is 0 Å². The van der Waals surface area contributed by atoms with Crippen molar-refractivity contribution in [3.63, 3.8) is 0 Å². The SMILES string of the molecule is CCC(CC)NC(=O)C(C)Nc1ccc(C)cc1Cl. The Bertz CT molecular complexity index is 430. The third-order valence-electron chi connectivity index (χ3n) is 3.22. The molecule has 0 fully saturated rings. The zero-order valence-corrected chi connectivity index (χ0v) is 12.8. The van der Waals surface area contributed by atoms with Crippen molar-refractivity contribution in [2.45, 2.75) is 52.6 Å². The van der Waals surface area contributed by atoms with Crippen molar-refractivity contribution in [3.05, 3.63) is 28.8 Å². The fourth-order valence-electron chi connectivity index (χ4n) is 1.85. The van der Waals surface area contributed by atoms with E-state index in [2.05, 4.69) is 24.5 Å². The van der Waals surface area contributed by atoms with E-state index in [0.29, 0.717) is 5.02 Å². The van der Waals surface area contributed by atoms with Crippen LogP contribution >= 0.6 is 11.6 Å². The van der Waals surface area contributed by atoms with Crippen LogP contribution in [0.25, 0.3) is 0 Å². The molecule has 0 bridgehead atoms. The predicted octanol–water partition coefficient (Wildman–Crippen LogP) is 3.75. The number of rotatable bonds is 6. The number of hydrogen-bond donors (Lipinski definition) is 2. The average Bonchev–Trinajstić information content (AvgIpc) is 2.38. The standard InChI is InChI=1S/C15H23ClN2O/c1-5-12(6-2)18-15(19)11(4)17-14-8-7-10(3)9-13(14)16/h7-9,11-12,17H,5-6H2,1-4H3,(H,18,19). The second-order valence-electron chi connectivity index (χ2n) is 4.87. The van der Waals surface area contributed by atoms with Crippen LogP contribution in [0.3, 0.4) is 0 Å². The van der Waals surface area contributed by atoms with E-state index in [1.807, 2.05) is 32.0 Å². The summed E-state index contributed by atoms with van der Waals surface area (Å²) in [6.45, 7) is 7.97. The average molecular weight is 283 g/mol. The Kier molecular flexibility index (Phi) is 6.16. The largest absolute Gasteiger partial charge is 0.373 e. The molecule has 0 aliphatic rings. The quantitative estimate of drug-likeness (QED) is 0.834. The molecule has 19 heavy (non-hydrogen) atoms. The monoisotopic (exact) mass is 282 g/mol. The van der Waals surface area contributed by atoms with Gasteiger partial charge in [0.1, 0.15) is 6.04 Å². The lowest BCUT2D eigenvalue weighted by atomic mass is 10.1. The molecule has 0 saturated carbocycles. The molecule has 0 aliphatic carbocycles. The first-order chi connectivity index (χ1) is 8.97. The molecule has 1 aromatic rings. The van der Waals surface area contributed by atoms with Crippen molar-refractivity contribution in [1.29, 1.82) is 0 Å². The Morgan fingerprint density at radius 2 is 1.95 bits per heavy atom. The maximum Gasteiger partial charge on any atom is 0.242 e. The number of carbonyl (C=O) groups excluding carboxylic acids is 1. The topological polar surface area (TPSA) is 41.1 Å². The molecule has 0 aliphatic heterocycles. The number of aryl methyl sites for hydroxylation is 1. The Morgan fingerprint density at radius 3 is 2.47 bits per heavy atom. The van der Waals surface area contributed by atoms with Crippen LogP contribution in [0.2, 0.25) is 5.02 Å². The van der Waals surface area contributed by atoms with Crippen molar-refractivity contribution in [2.24, 2.45) is 0 Å². The minimum atomic E-state index is -0.305. The fourth-order valence-corrected chi connectivity index (χ4v) is 2.14. The number of carbonyl (C=O) groups is 1. The normalized spacial score (nSPS) is 12.3. The molecule has 0 spiro atoms. The first-order valence-electron chi connectivity index (χ1n) is 6.81. The van der Waals surface area contributed by atoms with Gasteiger partial charge in [0.2, 0.25) is 5.91 Å². The van der Waals surface area contributed by atoms with Crippen LogP contribution in [-0.4, -0.2) is 18.0 Å². The number of anilines is 1. The molecule has 1 amide bonds. The number of amides is 1. The van der Waals surface area contributed by atoms with Gasteiger partial charge in [-0.15, -0.1) is 0 Å². The summed E-state index contributed by atoms with van der Waals surface area (Å²) in [6.07, 6.45) is 1.89. The lowest BCUT2D eigenvalue weighted by Gasteiger charge is -2.20. The van der Waals surface area contributed by atoms with Crippen LogP contribution < -0.4 is 10.6 Å². The summed E-state index contributed by atoms with van der Waals surface area (Å²) >= 11 is 6.14. The molecule has 1 aromatic carbocycles. The Labute approximate surface area is 120 Å². The first kappa shape index (κ1) is 15.8. The van der Waals surface area contributed by atoms with Gasteiger partial charge in [-0.1, -0.05) is 31.5 Å². The highest BCUT2D eigenvalue weighted by molar-refractivity contribution is 6.33. The van der Waals surface area contributed by atoms with E-state index >= 15 is 0 Å². The van der Waals surface area contributed by atoms with E-state index in [9.17, 15) is 4.79 Å². The number of halogens is 1. The third kappa shape index (κ3) is 4.75. The number of hydrogen-bond acceptors (Lipinski definition) is 2. The molecule has 0 heterocycles. The minimum Gasteiger partial charge on any atom is -0.373 e. The van der Waals surface area contributed by atoms with Gasteiger partial charge < -0.3 is 10.6 Å². The summed E-state index contributed by atoms with van der Waals surface area (Å²) in [6, 6.07) is 5.69. The molecular formula is C15H23ClN2O. The van der Waals surface area contributed by atoms with Gasteiger partial charge in [0.05, 0.1) is 10.7 Å². The first-order valence-corrected chi connectivity index (χ1v) is 7.18. The van der Waals surface area contributed by atoms with Crippen LogP contribution in [0.15, 0.2) is 18.2 Å². The summed E-state index contributed by atoms with van der Waals surface area (Å²) in [7, 11) is 0. The second kappa shape index (κ2) is 7.39. The van der Waals surface area contributed by atoms with Gasteiger partial charge in [-0.25, -0.2) is 0 Å². The highest BCUT2D eigenvalue weighted by atomic mass is 35.5. The van der Waals surface area contributed by atoms with Crippen LogP contribution in [0, 0.1) is 6.92 Å². The lowest BCUT2D eigenvalue weighted by Crippen LogP contribution is -2.42. The van der Waals surface area contributed by atoms with E-state index < -0.39 is 0 Å². The smallest absolute Gasteiger partial charge is 0.242 e. The van der Waals surface area contributed by atoms with Gasteiger partial charge in [-0.05, 0) is 44.4 Å². The van der Waals surface area contributed by atoms with Crippen LogP contribution in [0.4, 0.5) is 5.69 Å². The van der Waals surface area contributed by atoms with Crippen LogP contribution in [-0.2, 0) is 4.79 Å². The number of nitrogens with one attached hydrogen (secondary N) is 2. The zero-order chi connectivity index (χ0) is 14.4. The van der Waals surface area contributed by atoms with Crippen LogP contribution in [0.5, 0.6) is 0 Å². The summed E-state index contributed by atoms with van der Waals surface area (Å²) in [4.78, 5) is 12.0. The van der Waals surface area contributed by atoms with E-state index in [1.54, 1.807) is 0 Å². The van der Waals surface area contributed by atoms with E-state index in [4.69, 9.17) is 11.6 Å². The second-order valence-corrected chi connectivity index (χ2v) is 5.28. The van der Waals surface area contributed by atoms with Gasteiger partial charge in [0.25, 0.3) is 0 Å². The maximum atomic E-state index is 12.0. The highest BCUT2D eigenvalue weighted by Gasteiger charge is 2.16. The summed E-state index contributed by atoms with van der Waals surface area (Å²) in [5.74, 6) is 0.00495. The van der Waals surface area contributed by atoms with Crippen molar-refractivity contribution >= 4 is 23.2 Å². The molecular weight excluding hydrogens is 260 g/mol. The molecule has 3 nitrogen and oxygen atoms in total. The maximum absolute atomic E-state index is 12.0. The molecule has 1 rings (SSSR count). The van der Waals surface area contributed by atoms with E-state index in [1.165, 1.54) is 0 Å². The van der Waals surface area contributed by atoms with Crippen molar-refractivity contribution < 1.29 is 4.79 Å². The molecule has 0 radical (unpaired) electrons. The Hall–Kier alpha value is -1.22. The van der Waals surface area contributed by atoms with Gasteiger partial charge >= 0.3 is 0 Å². The molecule has 1 atom stereocenters. The number of benzene rings is 1. The zero-order valence-electron chi connectivity index (χ0n) is 12.1. The molecule has 106 valence electrons. The Morgan fingerprint density at radius 1 is 1.32 bits per heavy atom. The minimum absolute atomic E-state index is 0.00495. The van der Waals surface area contributed by atoms with Crippen molar-refractivity contribution in [1.82, 2.24) is 5.32 Å². The van der Waals surface area contributed by atoms with Crippen LogP contribution in [0.1, 0.15) is 39.2 Å². The summed E-state index contributed by atoms with van der Waals surface area (Å²) in [5.41, 5.74) is 1.89. The summed E-state index contributed by atoms with van der Waals surface area (Å²) < 4.78 is 0. The predicted molar refractivity (Wildman–Crippen MR) is 81.8 cm³/mol. The molecule has 0 aromatic heterocycles.